The van der Waals surface area contributed by atoms with Gasteiger partial charge in [0.25, 0.3) is 0 Å². The lowest BCUT2D eigenvalue weighted by molar-refractivity contribution is 0.928. The third-order valence-electron chi connectivity index (χ3n) is 10.5. The van der Waals surface area contributed by atoms with Crippen molar-refractivity contribution in [1.29, 1.82) is 0 Å². The van der Waals surface area contributed by atoms with Crippen LogP contribution in [0.3, 0.4) is 0 Å². The van der Waals surface area contributed by atoms with Crippen LogP contribution in [0.2, 0.25) is 0 Å². The first-order valence-electron chi connectivity index (χ1n) is 16.9. The van der Waals surface area contributed by atoms with Crippen molar-refractivity contribution in [2.75, 3.05) is 0 Å². The van der Waals surface area contributed by atoms with Crippen LogP contribution in [0.25, 0.3) is 43.6 Å². The van der Waals surface area contributed by atoms with Crippen LogP contribution in [0.5, 0.6) is 0 Å². The Balaban J connectivity index is 1.35. The minimum atomic E-state index is 0.0195. The molecular weight excluding hydrogens is 585 g/mol. The normalized spacial score (nSPS) is 12.1. The molecule has 0 aliphatic carbocycles. The van der Waals surface area contributed by atoms with Crippen LogP contribution in [-0.4, -0.2) is 19.9 Å². The summed E-state index contributed by atoms with van der Waals surface area (Å²) in [7, 11) is 0. The Labute approximate surface area is 279 Å². The predicted octanol–water partition coefficient (Wildman–Crippen LogP) is 11.2. The van der Waals surface area contributed by atoms with Crippen LogP contribution in [0.1, 0.15) is 68.0 Å². The molecule has 4 nitrogen and oxygen atoms in total. The van der Waals surface area contributed by atoms with E-state index in [1.807, 2.05) is 0 Å². The highest BCUT2D eigenvalue weighted by Gasteiger charge is 2.31. The molecule has 5 aromatic carbocycles. The molecule has 0 radical (unpaired) electrons. The number of para-hydroxylation sites is 4. The molecule has 0 unspecified atom stereocenters. The number of aromatic amines is 4. The molecule has 4 heteroatoms. The Kier molecular flexibility index (Phi) is 6.48. The van der Waals surface area contributed by atoms with Crippen molar-refractivity contribution in [3.63, 3.8) is 0 Å². The molecule has 234 valence electrons. The van der Waals surface area contributed by atoms with Gasteiger partial charge in [0.15, 0.2) is 0 Å². The number of hydrogen-bond acceptors (Lipinski definition) is 0. The molecular formula is C44H38N4. The molecule has 0 aliphatic rings. The Bertz CT molecular complexity index is 2300. The van der Waals surface area contributed by atoms with Crippen molar-refractivity contribution >= 4 is 43.6 Å². The second-order valence-electron chi connectivity index (χ2n) is 13.4. The molecule has 0 bridgehead atoms. The van der Waals surface area contributed by atoms with E-state index in [2.05, 4.69) is 169 Å². The Morgan fingerprint density at radius 2 is 0.604 bits per heavy atom. The maximum Gasteiger partial charge on any atom is 0.0459 e. The van der Waals surface area contributed by atoms with E-state index in [9.17, 15) is 0 Å². The monoisotopic (exact) mass is 622 g/mol. The summed E-state index contributed by atoms with van der Waals surface area (Å²) < 4.78 is 0. The molecule has 0 aliphatic heterocycles. The van der Waals surface area contributed by atoms with Gasteiger partial charge in [0.05, 0.1) is 0 Å². The smallest absolute Gasteiger partial charge is 0.0459 e. The molecule has 4 N–H and O–H groups in total. The van der Waals surface area contributed by atoms with Crippen LogP contribution < -0.4 is 0 Å². The Morgan fingerprint density at radius 1 is 0.333 bits per heavy atom. The van der Waals surface area contributed by atoms with Crippen LogP contribution in [0.4, 0.5) is 0 Å². The lowest BCUT2D eigenvalue weighted by atomic mass is 9.78. The summed E-state index contributed by atoms with van der Waals surface area (Å²) in [5.74, 6) is 0.0389. The van der Waals surface area contributed by atoms with E-state index in [-0.39, 0.29) is 11.8 Å². The fourth-order valence-electron chi connectivity index (χ4n) is 8.55. The molecule has 0 amide bonds. The average Bonchev–Trinajstić information content (AvgIpc) is 3.82. The first-order chi connectivity index (χ1) is 23.5. The predicted molar refractivity (Wildman–Crippen MR) is 200 cm³/mol. The molecule has 0 saturated carbocycles. The van der Waals surface area contributed by atoms with E-state index in [0.717, 1.165) is 0 Å². The zero-order chi connectivity index (χ0) is 32.5. The van der Waals surface area contributed by atoms with E-state index < -0.39 is 0 Å². The van der Waals surface area contributed by atoms with Crippen molar-refractivity contribution in [2.24, 2.45) is 0 Å². The third-order valence-corrected chi connectivity index (χ3v) is 10.5. The number of hydrogen-bond donors (Lipinski definition) is 4. The maximum atomic E-state index is 3.73. The van der Waals surface area contributed by atoms with Gasteiger partial charge in [-0.15, -0.1) is 0 Å². The summed E-state index contributed by atoms with van der Waals surface area (Å²) in [5, 5.41) is 5.08. The van der Waals surface area contributed by atoms with Crippen molar-refractivity contribution in [3.05, 3.63) is 177 Å². The van der Waals surface area contributed by atoms with E-state index >= 15 is 0 Å². The average molecular weight is 623 g/mol. The largest absolute Gasteiger partial charge is 0.358 e. The molecule has 0 atom stereocenters. The summed E-state index contributed by atoms with van der Waals surface area (Å²) >= 11 is 0. The molecule has 0 saturated heterocycles. The number of benzene rings is 5. The fraction of sp³-hybridized carbons (Fsp3) is 0.136. The number of aromatic nitrogens is 4. The number of fused-ring (bicyclic) bond motifs is 4. The van der Waals surface area contributed by atoms with Gasteiger partial charge in [-0.25, -0.2) is 0 Å². The highest BCUT2D eigenvalue weighted by atomic mass is 14.7. The summed E-state index contributed by atoms with van der Waals surface area (Å²) in [6.45, 7) is 8.90. The van der Waals surface area contributed by atoms with E-state index in [0.29, 0.717) is 0 Å². The molecule has 9 aromatic rings. The first-order valence-corrected chi connectivity index (χ1v) is 16.9. The van der Waals surface area contributed by atoms with Crippen molar-refractivity contribution in [1.82, 2.24) is 19.9 Å². The molecule has 4 heterocycles. The number of H-pyrrole nitrogens is 4. The van der Waals surface area contributed by atoms with Gasteiger partial charge in [-0.1, -0.05) is 97.1 Å². The first kappa shape index (κ1) is 28.5. The van der Waals surface area contributed by atoms with Gasteiger partial charge >= 0.3 is 0 Å². The topological polar surface area (TPSA) is 63.2 Å². The van der Waals surface area contributed by atoms with Crippen molar-refractivity contribution in [3.8, 4) is 0 Å². The van der Waals surface area contributed by atoms with Crippen LogP contribution in [0, 0.1) is 27.7 Å². The van der Waals surface area contributed by atoms with E-state index in [4.69, 9.17) is 0 Å². The molecule has 0 spiro atoms. The quantitative estimate of drug-likeness (QED) is 0.143. The Morgan fingerprint density at radius 3 is 0.896 bits per heavy atom. The minimum Gasteiger partial charge on any atom is -0.358 e. The summed E-state index contributed by atoms with van der Waals surface area (Å²) in [4.78, 5) is 14.9. The van der Waals surface area contributed by atoms with E-state index in [1.165, 1.54) is 99.8 Å². The number of aryl methyl sites for hydroxylation is 4. The van der Waals surface area contributed by atoms with Crippen LogP contribution >= 0.6 is 0 Å². The standard InChI is InChI=1S/C44H38N4/c1-25-39(31-16-5-9-20-35(31)45-25)43(40-26(2)46-36-21-10-6-17-32(36)40)29-14-13-15-30(24-29)44(41-27(3)47-37-22-11-7-18-33(37)41)42-28(4)48-38-23-12-8-19-34(38)42/h5-24,43-48H,1-4H3. The van der Waals surface area contributed by atoms with Gasteiger partial charge in [-0.3, -0.25) is 0 Å². The highest BCUT2D eigenvalue weighted by Crippen LogP contribution is 2.46. The van der Waals surface area contributed by atoms with Gasteiger partial charge in [0.2, 0.25) is 0 Å². The lowest BCUT2D eigenvalue weighted by Crippen LogP contribution is -2.10. The van der Waals surface area contributed by atoms with Crippen LogP contribution in [-0.2, 0) is 0 Å². The Hall–Kier alpha value is -5.74. The van der Waals surface area contributed by atoms with Gasteiger partial charge in [-0.05, 0) is 85.3 Å². The molecule has 0 fully saturated rings. The second kappa shape index (κ2) is 10.9. The van der Waals surface area contributed by atoms with Crippen molar-refractivity contribution in [2.45, 2.75) is 39.5 Å². The zero-order valence-electron chi connectivity index (χ0n) is 27.7. The third kappa shape index (κ3) is 4.29. The molecule has 48 heavy (non-hydrogen) atoms. The van der Waals surface area contributed by atoms with Gasteiger partial charge in [0.1, 0.15) is 0 Å². The zero-order valence-corrected chi connectivity index (χ0v) is 27.7. The van der Waals surface area contributed by atoms with Crippen LogP contribution in [0.15, 0.2) is 121 Å². The van der Waals surface area contributed by atoms with Gasteiger partial charge < -0.3 is 19.9 Å². The highest BCUT2D eigenvalue weighted by molar-refractivity contribution is 5.92. The summed E-state index contributed by atoms with van der Waals surface area (Å²) in [6, 6.07) is 44.3. The fourth-order valence-corrected chi connectivity index (χ4v) is 8.55. The van der Waals surface area contributed by atoms with Gasteiger partial charge in [-0.2, -0.15) is 0 Å². The minimum absolute atomic E-state index is 0.0195. The SMILES string of the molecule is Cc1[nH]c2ccccc2c1C(c1cccc(C(c2c(C)[nH]c3ccccc23)c2c(C)[nH]c3ccccc23)c1)c1c(C)[nH]c2ccccc12. The summed E-state index contributed by atoms with van der Waals surface area (Å²) in [5.41, 5.74) is 17.4. The number of nitrogens with one attached hydrogen (secondary N) is 4. The molecule has 9 rings (SSSR count). The van der Waals surface area contributed by atoms with Gasteiger partial charge in [0, 0.05) is 78.2 Å². The molecule has 4 aromatic heterocycles. The van der Waals surface area contributed by atoms with E-state index in [1.54, 1.807) is 0 Å². The second-order valence-corrected chi connectivity index (χ2v) is 13.4. The summed E-state index contributed by atoms with van der Waals surface area (Å²) in [6.07, 6.45) is 0. The maximum absolute atomic E-state index is 3.73. The number of rotatable bonds is 6. The van der Waals surface area contributed by atoms with Crippen molar-refractivity contribution < 1.29 is 0 Å². The lowest BCUT2D eigenvalue weighted by Gasteiger charge is -2.24.